The van der Waals surface area contributed by atoms with Gasteiger partial charge >= 0.3 is 0 Å². The Kier molecular flexibility index (Phi) is 8.61. The molecule has 0 spiro atoms. The van der Waals surface area contributed by atoms with E-state index in [1.54, 1.807) is 13.2 Å². The molecule has 1 amide bonds. The maximum absolute atomic E-state index is 13.4. The molecule has 1 unspecified atom stereocenters. The van der Waals surface area contributed by atoms with Crippen molar-refractivity contribution in [3.8, 4) is 5.75 Å². The van der Waals surface area contributed by atoms with Crippen molar-refractivity contribution in [2.45, 2.75) is 25.2 Å². The minimum atomic E-state index is -1.48. The number of methoxy groups -OCH3 is 1. The van der Waals surface area contributed by atoms with Crippen molar-refractivity contribution in [2.75, 3.05) is 54.8 Å². The Morgan fingerprint density at radius 1 is 1.00 bits per heavy atom. The third-order valence-corrected chi connectivity index (χ3v) is 7.42. The normalized spacial score (nSPS) is 14.3. The zero-order valence-corrected chi connectivity index (χ0v) is 21.9. The van der Waals surface area contributed by atoms with Gasteiger partial charge in [0.2, 0.25) is 0 Å². The van der Waals surface area contributed by atoms with Crippen LogP contribution in [0, 0.1) is 6.92 Å². The summed E-state index contributed by atoms with van der Waals surface area (Å²) in [6.45, 7) is 7.62. The summed E-state index contributed by atoms with van der Waals surface area (Å²) in [6, 6.07) is 21.1. The largest absolute Gasteiger partial charge is 0.588 e. The Balaban J connectivity index is 1.40. The zero-order valence-electron chi connectivity index (χ0n) is 21.1. The van der Waals surface area contributed by atoms with Crippen molar-refractivity contribution >= 4 is 34.3 Å². The van der Waals surface area contributed by atoms with Crippen LogP contribution in [0.4, 0.5) is 17.1 Å². The third kappa shape index (κ3) is 6.06. The van der Waals surface area contributed by atoms with Gasteiger partial charge in [0.1, 0.15) is 17.1 Å². The summed E-state index contributed by atoms with van der Waals surface area (Å²) in [5.41, 5.74) is 4.30. The first-order chi connectivity index (χ1) is 17.5. The summed E-state index contributed by atoms with van der Waals surface area (Å²) < 4.78 is 21.6. The Morgan fingerprint density at radius 3 is 2.39 bits per heavy atom. The number of carbonyl (C=O) groups is 1. The lowest BCUT2D eigenvalue weighted by molar-refractivity contribution is 0.0745. The number of nitrogens with zero attached hydrogens (tertiary/aromatic N) is 2. The first-order valence-electron chi connectivity index (χ1n) is 12.3. The predicted molar refractivity (Wildman–Crippen MR) is 148 cm³/mol. The fourth-order valence-corrected chi connectivity index (χ4v) is 5.13. The number of rotatable bonds is 9. The minimum Gasteiger partial charge on any atom is -0.588 e. The van der Waals surface area contributed by atoms with Crippen molar-refractivity contribution in [3.63, 3.8) is 0 Å². The molecule has 2 N–H and O–H groups in total. The van der Waals surface area contributed by atoms with Crippen LogP contribution < -0.4 is 19.7 Å². The molecule has 3 aromatic carbocycles. The highest BCUT2D eigenvalue weighted by atomic mass is 32.2. The molecule has 8 heteroatoms. The van der Waals surface area contributed by atoms with Gasteiger partial charge in [-0.15, -0.1) is 0 Å². The van der Waals surface area contributed by atoms with Crippen LogP contribution in [-0.2, 0) is 11.4 Å². The van der Waals surface area contributed by atoms with Crippen molar-refractivity contribution in [2.24, 2.45) is 0 Å². The van der Waals surface area contributed by atoms with Gasteiger partial charge in [-0.3, -0.25) is 4.79 Å². The standard InChI is InChI=1S/C28H34N4O3S/c1-4-15-29-22-10-12-23(13-11-22)30-36(34)24-14-9-21(2)25(20-24)28(33)32-18-16-31(17-19-32)26-7-5-6-8-27(26)35-3/h5-14,20,29-30H,4,15-19H2,1-3H3. The molecule has 1 aliphatic rings. The minimum absolute atomic E-state index is 0.0302. The van der Waals surface area contributed by atoms with Crippen LogP contribution in [0.3, 0.4) is 0 Å². The number of nitrogens with one attached hydrogen (secondary N) is 2. The van der Waals surface area contributed by atoms with Crippen LogP contribution in [0.2, 0.25) is 0 Å². The molecular weight excluding hydrogens is 472 g/mol. The Morgan fingerprint density at radius 2 is 1.69 bits per heavy atom. The molecule has 1 heterocycles. The highest BCUT2D eigenvalue weighted by Gasteiger charge is 2.26. The topological polar surface area (TPSA) is 79.9 Å². The van der Waals surface area contributed by atoms with E-state index in [1.807, 2.05) is 72.5 Å². The molecule has 0 radical (unpaired) electrons. The maximum atomic E-state index is 13.4. The van der Waals surface area contributed by atoms with Crippen molar-refractivity contribution in [3.05, 3.63) is 77.9 Å². The molecular formula is C28H34N4O3S. The predicted octanol–water partition coefficient (Wildman–Crippen LogP) is 4.92. The number of ether oxygens (including phenoxy) is 1. The first-order valence-corrected chi connectivity index (χ1v) is 13.5. The molecule has 4 rings (SSSR count). The third-order valence-electron chi connectivity index (χ3n) is 6.32. The number of para-hydroxylation sites is 2. The van der Waals surface area contributed by atoms with Gasteiger partial charge in [-0.1, -0.05) is 25.1 Å². The molecule has 0 aliphatic carbocycles. The average Bonchev–Trinajstić information content (AvgIpc) is 2.92. The molecule has 1 saturated heterocycles. The van der Waals surface area contributed by atoms with Crippen LogP contribution in [0.15, 0.2) is 71.6 Å². The number of piperazine rings is 1. The fourth-order valence-electron chi connectivity index (χ4n) is 4.25. The molecule has 0 saturated carbocycles. The lowest BCUT2D eigenvalue weighted by Gasteiger charge is -2.36. The van der Waals surface area contributed by atoms with E-state index in [0.717, 1.165) is 54.4 Å². The second-order valence-corrected chi connectivity index (χ2v) is 10.0. The Labute approximate surface area is 216 Å². The van der Waals surface area contributed by atoms with Crippen molar-refractivity contribution in [1.82, 2.24) is 4.90 Å². The zero-order chi connectivity index (χ0) is 25.5. The van der Waals surface area contributed by atoms with Gasteiger partial charge in [0.05, 0.1) is 18.5 Å². The molecule has 36 heavy (non-hydrogen) atoms. The number of amides is 1. The summed E-state index contributed by atoms with van der Waals surface area (Å²) in [5, 5.41) is 3.33. The van der Waals surface area contributed by atoms with Crippen molar-refractivity contribution in [1.29, 1.82) is 0 Å². The summed E-state index contributed by atoms with van der Waals surface area (Å²) in [7, 11) is 1.67. The highest BCUT2D eigenvalue weighted by molar-refractivity contribution is 7.92. The Bertz CT molecular complexity index is 1160. The van der Waals surface area contributed by atoms with Gasteiger partial charge in [0.25, 0.3) is 5.91 Å². The van der Waals surface area contributed by atoms with Gasteiger partial charge in [-0.05, 0) is 61.4 Å². The van der Waals surface area contributed by atoms with Gasteiger partial charge in [0, 0.05) is 50.0 Å². The van der Waals surface area contributed by atoms with E-state index in [-0.39, 0.29) is 5.91 Å². The summed E-state index contributed by atoms with van der Waals surface area (Å²) >= 11 is -1.48. The lowest BCUT2D eigenvalue weighted by atomic mass is 10.1. The number of benzene rings is 3. The fraction of sp³-hybridized carbons (Fsp3) is 0.321. The van der Waals surface area contributed by atoms with E-state index in [2.05, 4.69) is 21.9 Å². The molecule has 0 aromatic heterocycles. The number of anilines is 3. The summed E-state index contributed by atoms with van der Waals surface area (Å²) in [6.07, 6.45) is 1.05. The highest BCUT2D eigenvalue weighted by Crippen LogP contribution is 2.29. The van der Waals surface area contributed by atoms with Gasteiger partial charge < -0.3 is 24.4 Å². The smallest absolute Gasteiger partial charge is 0.254 e. The first kappa shape index (κ1) is 25.7. The van der Waals surface area contributed by atoms with E-state index in [1.165, 1.54) is 0 Å². The van der Waals surface area contributed by atoms with Crippen LogP contribution >= 0.6 is 0 Å². The number of hydrogen-bond acceptors (Lipinski definition) is 6. The van der Waals surface area contributed by atoms with Gasteiger partial charge in [0.15, 0.2) is 4.90 Å². The van der Waals surface area contributed by atoms with Crippen LogP contribution in [-0.4, -0.2) is 55.2 Å². The number of aryl methyl sites for hydroxylation is 1. The van der Waals surface area contributed by atoms with Gasteiger partial charge in [-0.2, -0.15) is 0 Å². The molecule has 0 bridgehead atoms. The second kappa shape index (κ2) is 12.1. The van der Waals surface area contributed by atoms with E-state index in [9.17, 15) is 9.35 Å². The molecule has 3 aromatic rings. The summed E-state index contributed by atoms with van der Waals surface area (Å²) in [5.74, 6) is 0.806. The average molecular weight is 507 g/mol. The van der Waals surface area contributed by atoms with E-state index >= 15 is 0 Å². The monoisotopic (exact) mass is 506 g/mol. The number of carbonyl (C=O) groups excluding carboxylic acids is 1. The molecule has 1 fully saturated rings. The van der Waals surface area contributed by atoms with Crippen LogP contribution in [0.25, 0.3) is 0 Å². The van der Waals surface area contributed by atoms with E-state index in [4.69, 9.17) is 4.74 Å². The molecule has 1 atom stereocenters. The quantitative estimate of drug-likeness (QED) is 0.401. The SMILES string of the molecule is CCCNc1ccc(N[S+]([O-])c2ccc(C)c(C(=O)N3CCN(c4ccccc4OC)CC3)c2)cc1. The maximum Gasteiger partial charge on any atom is 0.254 e. The van der Waals surface area contributed by atoms with Crippen molar-refractivity contribution < 1.29 is 14.1 Å². The van der Waals surface area contributed by atoms with Gasteiger partial charge in [-0.25, -0.2) is 4.72 Å². The summed E-state index contributed by atoms with van der Waals surface area (Å²) in [4.78, 5) is 18.1. The van der Waals surface area contributed by atoms with E-state index < -0.39 is 11.4 Å². The van der Waals surface area contributed by atoms with Crippen LogP contribution in [0.5, 0.6) is 5.75 Å². The van der Waals surface area contributed by atoms with Crippen LogP contribution in [0.1, 0.15) is 29.3 Å². The lowest BCUT2D eigenvalue weighted by Crippen LogP contribution is -2.49. The molecule has 1 aliphatic heterocycles. The number of hydrogen-bond donors (Lipinski definition) is 2. The molecule has 7 nitrogen and oxygen atoms in total. The van der Waals surface area contributed by atoms with E-state index in [0.29, 0.717) is 23.5 Å². The molecule has 190 valence electrons. The Hall–Kier alpha value is -3.36. The second-order valence-electron chi connectivity index (χ2n) is 8.80.